The van der Waals surface area contributed by atoms with Crippen molar-refractivity contribution >= 4 is 23.6 Å². The number of carbonyl (C=O) groups is 2. The lowest BCUT2D eigenvalue weighted by Gasteiger charge is -2.38. The van der Waals surface area contributed by atoms with Crippen molar-refractivity contribution in [1.82, 2.24) is 10.2 Å². The first kappa shape index (κ1) is 14.7. The van der Waals surface area contributed by atoms with Gasteiger partial charge in [-0.1, -0.05) is 0 Å². The first-order chi connectivity index (χ1) is 9.08. The van der Waals surface area contributed by atoms with E-state index in [9.17, 15) is 9.59 Å². The summed E-state index contributed by atoms with van der Waals surface area (Å²) in [5, 5.41) is 3.23. The van der Waals surface area contributed by atoms with E-state index in [1.54, 1.807) is 23.6 Å². The quantitative estimate of drug-likeness (QED) is 0.765. The summed E-state index contributed by atoms with van der Waals surface area (Å²) in [5.74, 6) is 1.37. The van der Waals surface area contributed by atoms with E-state index < -0.39 is 6.04 Å². The van der Waals surface area contributed by atoms with Crippen LogP contribution < -0.4 is 5.32 Å². The molecular formula is C13H22N2O3S. The number of ether oxygens (including phenoxy) is 1. The Balaban J connectivity index is 2.10. The summed E-state index contributed by atoms with van der Waals surface area (Å²) in [6, 6.07) is -0.413. The van der Waals surface area contributed by atoms with Crippen LogP contribution in [0.3, 0.4) is 0 Å². The summed E-state index contributed by atoms with van der Waals surface area (Å²) in [7, 11) is 0. The topological polar surface area (TPSA) is 58.6 Å². The standard InChI is InChI=1S/C13H22N2O3S/c1-3-18-11(16)10-8-19-7-6-15(10)12(17)13(2)4-5-14-9-13/h10,14H,3-9H2,1-2H3. The van der Waals surface area contributed by atoms with E-state index in [-0.39, 0.29) is 17.3 Å². The molecule has 0 radical (unpaired) electrons. The zero-order valence-electron chi connectivity index (χ0n) is 11.6. The second kappa shape index (κ2) is 6.13. The molecule has 2 fully saturated rings. The molecule has 2 rings (SSSR count). The van der Waals surface area contributed by atoms with Gasteiger partial charge in [0.1, 0.15) is 6.04 Å². The lowest BCUT2D eigenvalue weighted by molar-refractivity contribution is -0.157. The average Bonchev–Trinajstić information content (AvgIpc) is 2.86. The molecule has 2 atom stereocenters. The predicted octanol–water partition coefficient (Wildman–Crippen LogP) is 0.493. The highest BCUT2D eigenvalue weighted by Crippen LogP contribution is 2.30. The molecule has 0 aromatic heterocycles. The van der Waals surface area contributed by atoms with Gasteiger partial charge in [0, 0.05) is 24.6 Å². The van der Waals surface area contributed by atoms with E-state index in [1.807, 2.05) is 6.92 Å². The number of carbonyl (C=O) groups excluding carboxylic acids is 2. The van der Waals surface area contributed by atoms with Crippen molar-refractivity contribution in [1.29, 1.82) is 0 Å². The fourth-order valence-electron chi connectivity index (χ4n) is 2.63. The van der Waals surface area contributed by atoms with Crippen molar-refractivity contribution in [3.63, 3.8) is 0 Å². The zero-order valence-corrected chi connectivity index (χ0v) is 12.4. The summed E-state index contributed by atoms with van der Waals surface area (Å²) in [6.45, 7) is 6.35. The molecule has 0 spiro atoms. The molecule has 5 nitrogen and oxygen atoms in total. The number of esters is 1. The second-order valence-corrected chi connectivity index (χ2v) is 6.48. The number of amides is 1. The van der Waals surface area contributed by atoms with E-state index in [1.165, 1.54) is 0 Å². The number of thioether (sulfide) groups is 1. The average molecular weight is 286 g/mol. The second-order valence-electron chi connectivity index (χ2n) is 5.33. The van der Waals surface area contributed by atoms with Gasteiger partial charge in [0.05, 0.1) is 12.0 Å². The highest BCUT2D eigenvalue weighted by atomic mass is 32.2. The van der Waals surface area contributed by atoms with E-state index >= 15 is 0 Å². The van der Waals surface area contributed by atoms with Crippen LogP contribution in [0.2, 0.25) is 0 Å². The number of hydrogen-bond donors (Lipinski definition) is 1. The normalized spacial score (nSPS) is 31.3. The van der Waals surface area contributed by atoms with Crippen LogP contribution in [-0.4, -0.2) is 60.6 Å². The first-order valence-electron chi connectivity index (χ1n) is 6.84. The minimum atomic E-state index is -0.413. The highest BCUT2D eigenvalue weighted by Gasteiger charge is 2.44. The summed E-state index contributed by atoms with van der Waals surface area (Å²) in [4.78, 5) is 26.4. The van der Waals surface area contributed by atoms with Crippen LogP contribution in [0.15, 0.2) is 0 Å². The molecule has 2 unspecified atom stereocenters. The molecule has 0 bridgehead atoms. The lowest BCUT2D eigenvalue weighted by Crippen LogP contribution is -2.55. The van der Waals surface area contributed by atoms with E-state index in [4.69, 9.17) is 4.74 Å². The Kier molecular flexibility index (Phi) is 4.73. The molecule has 0 saturated carbocycles. The maximum absolute atomic E-state index is 12.7. The molecule has 1 N–H and O–H groups in total. The van der Waals surface area contributed by atoms with Crippen molar-refractivity contribution in [2.45, 2.75) is 26.3 Å². The van der Waals surface area contributed by atoms with Gasteiger partial charge in [-0.05, 0) is 26.8 Å². The summed E-state index contributed by atoms with van der Waals surface area (Å²) < 4.78 is 5.10. The monoisotopic (exact) mass is 286 g/mol. The third kappa shape index (κ3) is 3.05. The van der Waals surface area contributed by atoms with E-state index in [0.717, 1.165) is 18.7 Å². The maximum atomic E-state index is 12.7. The van der Waals surface area contributed by atoms with Crippen LogP contribution in [0.1, 0.15) is 20.3 Å². The molecule has 2 aliphatic heterocycles. The van der Waals surface area contributed by atoms with Crippen LogP contribution >= 0.6 is 11.8 Å². The Morgan fingerprint density at radius 2 is 2.32 bits per heavy atom. The van der Waals surface area contributed by atoms with Crippen LogP contribution in [0.4, 0.5) is 0 Å². The molecule has 0 aromatic rings. The van der Waals surface area contributed by atoms with Gasteiger partial charge in [-0.15, -0.1) is 0 Å². The Labute approximate surface area is 118 Å². The minimum absolute atomic E-state index is 0.0934. The fraction of sp³-hybridized carbons (Fsp3) is 0.846. The molecule has 2 heterocycles. The summed E-state index contributed by atoms with van der Waals surface area (Å²) >= 11 is 1.71. The van der Waals surface area contributed by atoms with Gasteiger partial charge in [0.25, 0.3) is 0 Å². The van der Waals surface area contributed by atoms with Gasteiger partial charge >= 0.3 is 5.97 Å². The van der Waals surface area contributed by atoms with Crippen molar-refractivity contribution in [2.75, 3.05) is 37.7 Å². The predicted molar refractivity (Wildman–Crippen MR) is 75.1 cm³/mol. The number of nitrogens with zero attached hydrogens (tertiary/aromatic N) is 1. The first-order valence-corrected chi connectivity index (χ1v) is 8.00. The van der Waals surface area contributed by atoms with Crippen LogP contribution in [-0.2, 0) is 14.3 Å². The zero-order chi connectivity index (χ0) is 13.9. The van der Waals surface area contributed by atoms with Gasteiger partial charge in [-0.2, -0.15) is 11.8 Å². The smallest absolute Gasteiger partial charge is 0.329 e. The van der Waals surface area contributed by atoms with Crippen molar-refractivity contribution in [2.24, 2.45) is 5.41 Å². The maximum Gasteiger partial charge on any atom is 0.329 e. The lowest BCUT2D eigenvalue weighted by atomic mass is 9.87. The Bertz CT molecular complexity index is 356. The van der Waals surface area contributed by atoms with Crippen molar-refractivity contribution in [3.05, 3.63) is 0 Å². The van der Waals surface area contributed by atoms with Gasteiger partial charge < -0.3 is 15.0 Å². The van der Waals surface area contributed by atoms with Gasteiger partial charge in [0.2, 0.25) is 5.91 Å². The molecule has 108 valence electrons. The third-order valence-electron chi connectivity index (χ3n) is 3.83. The van der Waals surface area contributed by atoms with Crippen molar-refractivity contribution < 1.29 is 14.3 Å². The Hall–Kier alpha value is -0.750. The Morgan fingerprint density at radius 1 is 1.53 bits per heavy atom. The molecule has 2 saturated heterocycles. The fourth-order valence-corrected chi connectivity index (χ4v) is 3.66. The molecule has 2 aliphatic rings. The molecule has 0 aromatic carbocycles. The van der Waals surface area contributed by atoms with Gasteiger partial charge in [-0.25, -0.2) is 4.79 Å². The van der Waals surface area contributed by atoms with E-state index in [0.29, 0.717) is 25.4 Å². The SMILES string of the molecule is CCOC(=O)C1CSCCN1C(=O)C1(C)CCNC1. The summed E-state index contributed by atoms with van der Waals surface area (Å²) in [5.41, 5.74) is -0.368. The Morgan fingerprint density at radius 3 is 2.95 bits per heavy atom. The molecule has 19 heavy (non-hydrogen) atoms. The van der Waals surface area contributed by atoms with Gasteiger partial charge in [-0.3, -0.25) is 4.79 Å². The van der Waals surface area contributed by atoms with Gasteiger partial charge in [0.15, 0.2) is 0 Å². The van der Waals surface area contributed by atoms with Crippen LogP contribution in [0.5, 0.6) is 0 Å². The number of hydrogen-bond acceptors (Lipinski definition) is 5. The van der Waals surface area contributed by atoms with Crippen LogP contribution in [0.25, 0.3) is 0 Å². The number of nitrogens with one attached hydrogen (secondary N) is 1. The largest absolute Gasteiger partial charge is 0.464 e. The minimum Gasteiger partial charge on any atom is -0.464 e. The molecule has 1 amide bonds. The van der Waals surface area contributed by atoms with Crippen molar-refractivity contribution in [3.8, 4) is 0 Å². The highest BCUT2D eigenvalue weighted by molar-refractivity contribution is 7.99. The molecular weight excluding hydrogens is 264 g/mol. The molecule has 6 heteroatoms. The summed E-state index contributed by atoms with van der Waals surface area (Å²) in [6.07, 6.45) is 0.838. The number of rotatable bonds is 3. The third-order valence-corrected chi connectivity index (χ3v) is 4.86. The van der Waals surface area contributed by atoms with E-state index in [2.05, 4.69) is 5.32 Å². The van der Waals surface area contributed by atoms with Crippen LogP contribution in [0, 0.1) is 5.41 Å². The molecule has 0 aliphatic carbocycles.